The molecule has 0 fully saturated rings. The van der Waals surface area contributed by atoms with Crippen molar-refractivity contribution in [1.29, 1.82) is 0 Å². The number of benzene rings is 1. The van der Waals surface area contributed by atoms with Gasteiger partial charge in [0.25, 0.3) is 0 Å². The van der Waals surface area contributed by atoms with Gasteiger partial charge >= 0.3 is 0 Å². The van der Waals surface area contributed by atoms with Crippen molar-refractivity contribution < 1.29 is 0 Å². The molecule has 0 unspecified atom stereocenters. The van der Waals surface area contributed by atoms with Crippen LogP contribution in [0.4, 0.5) is 0 Å². The van der Waals surface area contributed by atoms with Crippen molar-refractivity contribution in [3.05, 3.63) is 57.2 Å². The van der Waals surface area contributed by atoms with Crippen LogP contribution in [-0.2, 0) is 13.1 Å². The van der Waals surface area contributed by atoms with Crippen LogP contribution in [-0.4, -0.2) is 25.0 Å². The van der Waals surface area contributed by atoms with Crippen molar-refractivity contribution in [3.63, 3.8) is 0 Å². The van der Waals surface area contributed by atoms with Crippen LogP contribution in [0.2, 0.25) is 5.02 Å². The fourth-order valence-corrected chi connectivity index (χ4v) is 2.76. The Morgan fingerprint density at radius 1 is 1.21 bits per heavy atom. The van der Waals surface area contributed by atoms with E-state index in [4.69, 9.17) is 11.6 Å². The zero-order valence-corrected chi connectivity index (χ0v) is 12.7. The molecule has 0 saturated carbocycles. The summed E-state index contributed by atoms with van der Waals surface area (Å²) in [6.07, 6.45) is 0. The van der Waals surface area contributed by atoms with Crippen molar-refractivity contribution in [3.8, 4) is 0 Å². The van der Waals surface area contributed by atoms with Crippen LogP contribution in [0.15, 0.2) is 41.8 Å². The molecule has 0 radical (unpaired) electrons. The van der Waals surface area contributed by atoms with Crippen LogP contribution < -0.4 is 5.32 Å². The highest BCUT2D eigenvalue weighted by molar-refractivity contribution is 7.09. The summed E-state index contributed by atoms with van der Waals surface area (Å²) in [4.78, 5) is 3.66. The van der Waals surface area contributed by atoms with E-state index in [9.17, 15) is 0 Å². The Kier molecular flexibility index (Phi) is 5.86. The monoisotopic (exact) mass is 294 g/mol. The lowest BCUT2D eigenvalue weighted by molar-refractivity contribution is 0.324. The third-order valence-corrected chi connectivity index (χ3v) is 4.19. The number of rotatable bonds is 7. The fourth-order valence-electron chi connectivity index (χ4n) is 1.89. The summed E-state index contributed by atoms with van der Waals surface area (Å²) in [5, 5.41) is 6.41. The van der Waals surface area contributed by atoms with Gasteiger partial charge in [-0.05, 0) is 30.1 Å². The Hall–Kier alpha value is -0.870. The summed E-state index contributed by atoms with van der Waals surface area (Å²) >= 11 is 7.95. The Morgan fingerprint density at radius 2 is 2.05 bits per heavy atom. The molecule has 2 aromatic rings. The summed E-state index contributed by atoms with van der Waals surface area (Å²) in [7, 11) is 2.12. The van der Waals surface area contributed by atoms with E-state index in [1.165, 1.54) is 10.4 Å². The van der Waals surface area contributed by atoms with Crippen LogP contribution in [0.3, 0.4) is 0 Å². The SMILES string of the molecule is CN(CCNCc1cccs1)Cc1ccccc1Cl. The minimum Gasteiger partial charge on any atom is -0.311 e. The second-order valence-corrected chi connectivity index (χ2v) is 6.02. The Bertz CT molecular complexity index is 485. The minimum atomic E-state index is 0.848. The molecule has 0 atom stereocenters. The summed E-state index contributed by atoms with van der Waals surface area (Å²) in [6, 6.07) is 12.3. The Labute approximate surface area is 124 Å². The van der Waals surface area contributed by atoms with Gasteiger partial charge in [-0.25, -0.2) is 0 Å². The zero-order valence-electron chi connectivity index (χ0n) is 11.1. The van der Waals surface area contributed by atoms with Crippen molar-refractivity contribution in [2.75, 3.05) is 20.1 Å². The lowest BCUT2D eigenvalue weighted by atomic mass is 10.2. The number of likely N-dealkylation sites (N-methyl/N-ethyl adjacent to an activating group) is 1. The van der Waals surface area contributed by atoms with E-state index < -0.39 is 0 Å². The van der Waals surface area contributed by atoms with Gasteiger partial charge < -0.3 is 10.2 Å². The standard InChI is InChI=1S/C15H19ClN2S/c1-18(12-13-5-2-3-7-15(13)16)9-8-17-11-14-6-4-10-19-14/h2-7,10,17H,8-9,11-12H2,1H3. The van der Waals surface area contributed by atoms with E-state index in [2.05, 4.69) is 40.8 Å². The van der Waals surface area contributed by atoms with E-state index in [1.54, 1.807) is 11.3 Å². The van der Waals surface area contributed by atoms with Gasteiger partial charge in [0.1, 0.15) is 0 Å². The third kappa shape index (κ3) is 4.96. The second-order valence-electron chi connectivity index (χ2n) is 4.59. The molecule has 0 aliphatic carbocycles. The van der Waals surface area contributed by atoms with Crippen LogP contribution >= 0.6 is 22.9 Å². The fraction of sp³-hybridized carbons (Fsp3) is 0.333. The van der Waals surface area contributed by atoms with Crippen LogP contribution in [0.5, 0.6) is 0 Å². The first kappa shape index (κ1) is 14.5. The number of halogens is 1. The van der Waals surface area contributed by atoms with Crippen molar-refractivity contribution in [1.82, 2.24) is 10.2 Å². The minimum absolute atomic E-state index is 0.848. The summed E-state index contributed by atoms with van der Waals surface area (Å²) < 4.78 is 0. The first-order valence-corrected chi connectivity index (χ1v) is 7.66. The first-order valence-electron chi connectivity index (χ1n) is 6.41. The highest BCUT2D eigenvalue weighted by Crippen LogP contribution is 2.16. The van der Waals surface area contributed by atoms with Crippen LogP contribution in [0.25, 0.3) is 0 Å². The number of hydrogen-bond donors (Lipinski definition) is 1. The molecular formula is C15H19ClN2S. The molecule has 0 bridgehead atoms. The van der Waals surface area contributed by atoms with E-state index in [0.717, 1.165) is 31.2 Å². The molecule has 1 heterocycles. The molecule has 19 heavy (non-hydrogen) atoms. The van der Waals surface area contributed by atoms with E-state index in [-0.39, 0.29) is 0 Å². The molecule has 1 aromatic carbocycles. The molecule has 0 aliphatic rings. The molecule has 2 nitrogen and oxygen atoms in total. The predicted molar refractivity (Wildman–Crippen MR) is 83.8 cm³/mol. The first-order chi connectivity index (χ1) is 9.25. The smallest absolute Gasteiger partial charge is 0.0451 e. The van der Waals surface area contributed by atoms with Gasteiger partial charge in [-0.15, -0.1) is 11.3 Å². The summed E-state index contributed by atoms with van der Waals surface area (Å²) in [5.74, 6) is 0. The lowest BCUT2D eigenvalue weighted by Gasteiger charge is -2.17. The molecule has 0 aliphatic heterocycles. The Balaban J connectivity index is 1.67. The van der Waals surface area contributed by atoms with Gasteiger partial charge in [-0.3, -0.25) is 0 Å². The lowest BCUT2D eigenvalue weighted by Crippen LogP contribution is -2.28. The average Bonchev–Trinajstić information content (AvgIpc) is 2.91. The maximum atomic E-state index is 6.16. The van der Waals surface area contributed by atoms with E-state index in [0.29, 0.717) is 0 Å². The van der Waals surface area contributed by atoms with Gasteiger partial charge in [-0.1, -0.05) is 35.9 Å². The molecule has 2 rings (SSSR count). The number of hydrogen-bond acceptors (Lipinski definition) is 3. The van der Waals surface area contributed by atoms with Gasteiger partial charge in [-0.2, -0.15) is 0 Å². The molecule has 0 saturated heterocycles. The molecule has 0 amide bonds. The summed E-state index contributed by atoms with van der Waals surface area (Å²) in [6.45, 7) is 3.84. The summed E-state index contributed by atoms with van der Waals surface area (Å²) in [5.41, 5.74) is 1.19. The maximum Gasteiger partial charge on any atom is 0.0451 e. The zero-order chi connectivity index (χ0) is 13.5. The number of nitrogens with zero attached hydrogens (tertiary/aromatic N) is 1. The molecule has 102 valence electrons. The quantitative estimate of drug-likeness (QED) is 0.785. The normalized spacial score (nSPS) is 11.1. The van der Waals surface area contributed by atoms with Gasteiger partial charge in [0.15, 0.2) is 0 Å². The topological polar surface area (TPSA) is 15.3 Å². The second kappa shape index (κ2) is 7.65. The molecule has 1 aromatic heterocycles. The van der Waals surface area contributed by atoms with Gasteiger partial charge in [0.2, 0.25) is 0 Å². The van der Waals surface area contributed by atoms with Crippen molar-refractivity contribution >= 4 is 22.9 Å². The Morgan fingerprint density at radius 3 is 2.79 bits per heavy atom. The highest BCUT2D eigenvalue weighted by Gasteiger charge is 2.03. The third-order valence-electron chi connectivity index (χ3n) is 2.95. The molecule has 1 N–H and O–H groups in total. The predicted octanol–water partition coefficient (Wildman–Crippen LogP) is 3.62. The van der Waals surface area contributed by atoms with Crippen LogP contribution in [0.1, 0.15) is 10.4 Å². The molecule has 0 spiro atoms. The number of nitrogens with one attached hydrogen (secondary N) is 1. The molecular weight excluding hydrogens is 276 g/mol. The number of thiophene rings is 1. The van der Waals surface area contributed by atoms with Crippen molar-refractivity contribution in [2.24, 2.45) is 0 Å². The van der Waals surface area contributed by atoms with Gasteiger partial charge in [0.05, 0.1) is 0 Å². The van der Waals surface area contributed by atoms with Crippen molar-refractivity contribution in [2.45, 2.75) is 13.1 Å². The maximum absolute atomic E-state index is 6.16. The van der Waals surface area contributed by atoms with Gasteiger partial charge in [0, 0.05) is 36.1 Å². The van der Waals surface area contributed by atoms with E-state index in [1.807, 2.05) is 18.2 Å². The van der Waals surface area contributed by atoms with E-state index >= 15 is 0 Å². The largest absolute Gasteiger partial charge is 0.311 e. The molecule has 4 heteroatoms. The highest BCUT2D eigenvalue weighted by atomic mass is 35.5. The average molecular weight is 295 g/mol. The van der Waals surface area contributed by atoms with Crippen LogP contribution in [0, 0.1) is 0 Å².